The van der Waals surface area contributed by atoms with Crippen LogP contribution in [0.15, 0.2) is 47.6 Å². The molecule has 0 aliphatic carbocycles. The summed E-state index contributed by atoms with van der Waals surface area (Å²) in [7, 11) is 1.60. The molecule has 1 heterocycles. The van der Waals surface area contributed by atoms with Crippen LogP contribution in [-0.4, -0.2) is 37.4 Å². The van der Waals surface area contributed by atoms with Crippen molar-refractivity contribution in [2.45, 2.75) is 26.2 Å². The third-order valence-electron chi connectivity index (χ3n) is 3.61. The van der Waals surface area contributed by atoms with Crippen molar-refractivity contribution in [3.8, 4) is 11.6 Å². The van der Waals surface area contributed by atoms with Crippen LogP contribution in [0.3, 0.4) is 0 Å². The Bertz CT molecular complexity index is 782. The average Bonchev–Trinajstić information content (AvgIpc) is 2.68. The summed E-state index contributed by atoms with van der Waals surface area (Å²) in [5.74, 6) is 1.18. The van der Waals surface area contributed by atoms with E-state index in [2.05, 4.69) is 20.6 Å². The molecule has 0 amide bonds. The van der Waals surface area contributed by atoms with Crippen LogP contribution in [-0.2, 0) is 13.1 Å². The zero-order valence-corrected chi connectivity index (χ0v) is 15.7. The molecule has 0 aliphatic rings. The summed E-state index contributed by atoms with van der Waals surface area (Å²) in [6.45, 7) is 1.74. The number of aliphatic imine (C=N–C) groups is 1. The number of methoxy groups -OCH3 is 1. The highest BCUT2D eigenvalue weighted by atomic mass is 19.4. The highest BCUT2D eigenvalue weighted by molar-refractivity contribution is 5.79. The lowest BCUT2D eigenvalue weighted by atomic mass is 10.2. The summed E-state index contributed by atoms with van der Waals surface area (Å²) < 4.78 is 47.3. The Hall–Kier alpha value is -2.97. The first-order chi connectivity index (χ1) is 13.4. The summed E-state index contributed by atoms with van der Waals surface area (Å²) in [5.41, 5.74) is 1.41. The van der Waals surface area contributed by atoms with E-state index in [4.69, 9.17) is 9.47 Å². The van der Waals surface area contributed by atoms with Gasteiger partial charge in [-0.3, -0.25) is 0 Å². The van der Waals surface area contributed by atoms with Gasteiger partial charge < -0.3 is 20.1 Å². The van der Waals surface area contributed by atoms with Crippen molar-refractivity contribution in [3.05, 3.63) is 53.7 Å². The first kappa shape index (κ1) is 21.3. The predicted molar refractivity (Wildman–Crippen MR) is 100 cm³/mol. The van der Waals surface area contributed by atoms with Gasteiger partial charge in [0.1, 0.15) is 5.75 Å². The van der Waals surface area contributed by atoms with E-state index in [1.165, 1.54) is 6.20 Å². The number of nitrogens with one attached hydrogen (secondary N) is 2. The van der Waals surface area contributed by atoms with Crippen molar-refractivity contribution in [3.63, 3.8) is 0 Å². The van der Waals surface area contributed by atoms with E-state index in [1.54, 1.807) is 19.2 Å². The monoisotopic (exact) mass is 396 g/mol. The zero-order valence-electron chi connectivity index (χ0n) is 15.7. The van der Waals surface area contributed by atoms with Crippen molar-refractivity contribution >= 4 is 5.96 Å². The molecule has 0 radical (unpaired) electrons. The molecule has 2 rings (SSSR count). The molecule has 1 aromatic carbocycles. The molecule has 6 nitrogen and oxygen atoms in total. The molecule has 0 atom stereocenters. The lowest BCUT2D eigenvalue weighted by Crippen LogP contribution is -2.36. The summed E-state index contributed by atoms with van der Waals surface area (Å²) >= 11 is 0. The summed E-state index contributed by atoms with van der Waals surface area (Å²) in [6.07, 6.45) is -3.05. The second-order valence-corrected chi connectivity index (χ2v) is 5.73. The van der Waals surface area contributed by atoms with E-state index in [0.717, 1.165) is 11.3 Å². The number of hydrogen-bond acceptors (Lipinski definition) is 4. The minimum atomic E-state index is -4.43. The Labute approximate surface area is 161 Å². The van der Waals surface area contributed by atoms with Gasteiger partial charge in [0.2, 0.25) is 5.88 Å². The molecule has 0 bridgehead atoms. The standard InChI is InChI=1S/C19H23F3N4O2/c1-3-23-18(25-11-14-7-4-5-9-16(14)27-2)26-12-15-8-6-10-24-17(15)28-13-19(20,21)22/h4-10H,3,11-13H2,1-2H3,(H2,23,25,26). The quantitative estimate of drug-likeness (QED) is 0.530. The van der Waals surface area contributed by atoms with Crippen molar-refractivity contribution in [2.24, 2.45) is 4.99 Å². The van der Waals surface area contributed by atoms with E-state index in [0.29, 0.717) is 24.6 Å². The maximum absolute atomic E-state index is 12.4. The number of hydrogen-bond donors (Lipinski definition) is 2. The van der Waals surface area contributed by atoms with Gasteiger partial charge in [-0.1, -0.05) is 24.3 Å². The number of para-hydroxylation sites is 1. The summed E-state index contributed by atoms with van der Waals surface area (Å²) in [6, 6.07) is 10.8. The maximum atomic E-state index is 12.4. The van der Waals surface area contributed by atoms with E-state index in [1.807, 2.05) is 31.2 Å². The van der Waals surface area contributed by atoms with Crippen molar-refractivity contribution in [1.29, 1.82) is 0 Å². The number of benzene rings is 1. The van der Waals surface area contributed by atoms with Gasteiger partial charge in [0.15, 0.2) is 12.6 Å². The molecule has 0 fully saturated rings. The fourth-order valence-corrected chi connectivity index (χ4v) is 2.36. The molecular formula is C19H23F3N4O2. The van der Waals surface area contributed by atoms with Crippen molar-refractivity contribution < 1.29 is 22.6 Å². The van der Waals surface area contributed by atoms with Crippen molar-refractivity contribution in [1.82, 2.24) is 15.6 Å². The first-order valence-corrected chi connectivity index (χ1v) is 8.70. The Morgan fingerprint density at radius 3 is 2.57 bits per heavy atom. The molecule has 2 aromatic rings. The number of alkyl halides is 3. The molecule has 0 aliphatic heterocycles. The highest BCUT2D eigenvalue weighted by Crippen LogP contribution is 2.20. The fourth-order valence-electron chi connectivity index (χ4n) is 2.36. The van der Waals surface area contributed by atoms with Gasteiger partial charge in [0.05, 0.1) is 13.7 Å². The lowest BCUT2D eigenvalue weighted by Gasteiger charge is -2.14. The van der Waals surface area contributed by atoms with Crippen LogP contribution in [0.2, 0.25) is 0 Å². The number of ether oxygens (including phenoxy) is 2. The molecule has 0 saturated heterocycles. The maximum Gasteiger partial charge on any atom is 0.422 e. The normalized spacial score (nSPS) is 11.8. The molecule has 2 N–H and O–H groups in total. The SMILES string of the molecule is CCNC(=NCc1cccnc1OCC(F)(F)F)NCc1ccccc1OC. The van der Waals surface area contributed by atoms with Gasteiger partial charge in [0, 0.05) is 30.4 Å². The van der Waals surface area contributed by atoms with Gasteiger partial charge in [-0.05, 0) is 19.1 Å². The number of aromatic nitrogens is 1. The van der Waals surface area contributed by atoms with Crippen LogP contribution in [0.5, 0.6) is 11.6 Å². The van der Waals surface area contributed by atoms with E-state index in [9.17, 15) is 13.2 Å². The number of nitrogens with zero attached hydrogens (tertiary/aromatic N) is 2. The van der Waals surface area contributed by atoms with Gasteiger partial charge in [0.25, 0.3) is 0 Å². The smallest absolute Gasteiger partial charge is 0.422 e. The minimum absolute atomic E-state index is 0.0795. The fraction of sp³-hybridized carbons (Fsp3) is 0.368. The number of rotatable bonds is 8. The molecule has 1 aromatic heterocycles. The largest absolute Gasteiger partial charge is 0.496 e. The Morgan fingerprint density at radius 1 is 1.11 bits per heavy atom. The third-order valence-corrected chi connectivity index (χ3v) is 3.61. The van der Waals surface area contributed by atoms with Crippen LogP contribution >= 0.6 is 0 Å². The molecule has 9 heteroatoms. The van der Waals surface area contributed by atoms with Gasteiger partial charge in [-0.2, -0.15) is 13.2 Å². The summed E-state index contributed by atoms with van der Waals surface area (Å²) in [4.78, 5) is 8.28. The van der Waals surface area contributed by atoms with Crippen LogP contribution in [0.25, 0.3) is 0 Å². The van der Waals surface area contributed by atoms with Crippen LogP contribution in [0.4, 0.5) is 13.2 Å². The lowest BCUT2D eigenvalue weighted by molar-refractivity contribution is -0.154. The Kier molecular flexibility index (Phi) is 7.91. The third kappa shape index (κ3) is 6.98. The second kappa shape index (κ2) is 10.4. The first-order valence-electron chi connectivity index (χ1n) is 8.70. The van der Waals surface area contributed by atoms with E-state index >= 15 is 0 Å². The molecule has 0 saturated carbocycles. The second-order valence-electron chi connectivity index (χ2n) is 5.73. The number of pyridine rings is 1. The number of halogens is 3. The molecule has 152 valence electrons. The van der Waals surface area contributed by atoms with Crippen LogP contribution < -0.4 is 20.1 Å². The van der Waals surface area contributed by atoms with Gasteiger partial charge in [-0.25, -0.2) is 9.98 Å². The zero-order chi connectivity index (χ0) is 20.4. The minimum Gasteiger partial charge on any atom is -0.496 e. The predicted octanol–water partition coefficient (Wildman–Crippen LogP) is 3.29. The summed E-state index contributed by atoms with van der Waals surface area (Å²) in [5, 5.41) is 6.27. The molecular weight excluding hydrogens is 373 g/mol. The Morgan fingerprint density at radius 2 is 1.86 bits per heavy atom. The number of guanidine groups is 1. The van der Waals surface area contributed by atoms with Crippen LogP contribution in [0.1, 0.15) is 18.1 Å². The van der Waals surface area contributed by atoms with Gasteiger partial charge >= 0.3 is 6.18 Å². The highest BCUT2D eigenvalue weighted by Gasteiger charge is 2.29. The van der Waals surface area contributed by atoms with E-state index in [-0.39, 0.29) is 12.4 Å². The van der Waals surface area contributed by atoms with Crippen molar-refractivity contribution in [2.75, 3.05) is 20.3 Å². The van der Waals surface area contributed by atoms with Gasteiger partial charge in [-0.15, -0.1) is 0 Å². The van der Waals surface area contributed by atoms with Crippen LogP contribution in [0, 0.1) is 0 Å². The van der Waals surface area contributed by atoms with E-state index < -0.39 is 12.8 Å². The Balaban J connectivity index is 2.06. The molecule has 28 heavy (non-hydrogen) atoms. The topological polar surface area (TPSA) is 67.8 Å². The molecule has 0 unspecified atom stereocenters. The average molecular weight is 396 g/mol. The molecule has 0 spiro atoms.